The molecule has 1 aliphatic heterocycles. The molecule has 0 aromatic carbocycles. The van der Waals surface area contributed by atoms with Crippen LogP contribution in [0.15, 0.2) is 0 Å². The molecule has 2 bridgehead atoms. The molecule has 3 aliphatic carbocycles. The molecule has 5 atom stereocenters. The average Bonchev–Trinajstić information content (AvgIpc) is 3.11. The number of piperidine rings is 1. The summed E-state index contributed by atoms with van der Waals surface area (Å²) < 4.78 is 0. The summed E-state index contributed by atoms with van der Waals surface area (Å²) in [5.41, 5.74) is 6.98. The summed E-state index contributed by atoms with van der Waals surface area (Å²) in [4.78, 5) is 15.0. The first-order valence-corrected chi connectivity index (χ1v) is 9.25. The number of rotatable bonds is 1. The molecular weight excluding hydrogens is 260 g/mol. The van der Waals surface area contributed by atoms with E-state index >= 15 is 0 Å². The first kappa shape index (κ1) is 14.0. The van der Waals surface area contributed by atoms with Gasteiger partial charge in [0.15, 0.2) is 0 Å². The number of hydrogen-bond acceptors (Lipinski definition) is 2. The van der Waals surface area contributed by atoms with Crippen molar-refractivity contribution in [3.63, 3.8) is 0 Å². The Morgan fingerprint density at radius 2 is 1.86 bits per heavy atom. The van der Waals surface area contributed by atoms with Crippen LogP contribution in [0, 0.1) is 23.2 Å². The normalized spacial score (nSPS) is 46.2. The van der Waals surface area contributed by atoms with Gasteiger partial charge < -0.3 is 10.6 Å². The number of carbonyl (C=O) groups is 1. The number of amides is 1. The van der Waals surface area contributed by atoms with Crippen molar-refractivity contribution in [1.29, 1.82) is 0 Å². The molecule has 0 aromatic heterocycles. The summed E-state index contributed by atoms with van der Waals surface area (Å²) in [6.07, 6.45) is 12.5. The molecule has 0 radical (unpaired) electrons. The van der Waals surface area contributed by atoms with Crippen LogP contribution in [-0.4, -0.2) is 29.9 Å². The van der Waals surface area contributed by atoms with E-state index in [1.165, 1.54) is 51.4 Å². The van der Waals surface area contributed by atoms with Gasteiger partial charge in [0.25, 0.3) is 0 Å². The number of carbonyl (C=O) groups excluding carboxylic acids is 1. The second-order valence-corrected chi connectivity index (χ2v) is 8.21. The standard InChI is InChI=1S/C18H30N2O/c19-16-13-6-7-15(11-13)18(16)8-4-5-14(12-18)17(21)20-9-2-1-3-10-20/h13-16H,1-12,19H2/t13?,14?,15?,16-,18?/m1/s1. The van der Waals surface area contributed by atoms with Crippen LogP contribution in [0.3, 0.4) is 0 Å². The molecule has 1 saturated heterocycles. The topological polar surface area (TPSA) is 46.3 Å². The lowest BCUT2D eigenvalue weighted by Gasteiger charge is -2.48. The van der Waals surface area contributed by atoms with Gasteiger partial charge in [-0.1, -0.05) is 6.42 Å². The lowest BCUT2D eigenvalue weighted by atomic mass is 9.59. The van der Waals surface area contributed by atoms with E-state index in [1.807, 2.05) is 0 Å². The molecule has 1 heterocycles. The molecule has 21 heavy (non-hydrogen) atoms. The van der Waals surface area contributed by atoms with Crippen molar-refractivity contribution in [2.24, 2.45) is 28.9 Å². The molecule has 0 aromatic rings. The van der Waals surface area contributed by atoms with Crippen LogP contribution < -0.4 is 5.73 Å². The van der Waals surface area contributed by atoms with E-state index < -0.39 is 0 Å². The highest BCUT2D eigenvalue weighted by Gasteiger charge is 2.58. The average molecular weight is 290 g/mol. The largest absolute Gasteiger partial charge is 0.342 e. The Morgan fingerprint density at radius 3 is 2.57 bits per heavy atom. The van der Waals surface area contributed by atoms with Gasteiger partial charge in [-0.25, -0.2) is 0 Å². The second-order valence-electron chi connectivity index (χ2n) is 8.21. The fourth-order valence-electron chi connectivity index (χ4n) is 6.20. The van der Waals surface area contributed by atoms with Crippen LogP contribution in [0.25, 0.3) is 0 Å². The quantitative estimate of drug-likeness (QED) is 0.807. The third-order valence-electron chi connectivity index (χ3n) is 7.30. The van der Waals surface area contributed by atoms with Crippen molar-refractivity contribution < 1.29 is 4.79 Å². The molecular formula is C18H30N2O. The van der Waals surface area contributed by atoms with Gasteiger partial charge in [0.1, 0.15) is 0 Å². The minimum atomic E-state index is 0.280. The first-order chi connectivity index (χ1) is 10.2. The summed E-state index contributed by atoms with van der Waals surface area (Å²) in [6, 6.07) is 0.383. The predicted octanol–water partition coefficient (Wildman–Crippen LogP) is 2.93. The first-order valence-electron chi connectivity index (χ1n) is 9.25. The molecule has 1 amide bonds. The van der Waals surface area contributed by atoms with E-state index in [0.29, 0.717) is 17.4 Å². The van der Waals surface area contributed by atoms with Gasteiger partial charge in [-0.2, -0.15) is 0 Å². The van der Waals surface area contributed by atoms with E-state index in [0.717, 1.165) is 37.8 Å². The van der Waals surface area contributed by atoms with Crippen molar-refractivity contribution in [1.82, 2.24) is 4.90 Å². The number of hydrogen-bond donors (Lipinski definition) is 1. The summed E-state index contributed by atoms with van der Waals surface area (Å²) in [6.45, 7) is 2.00. The zero-order chi connectivity index (χ0) is 14.4. The lowest BCUT2D eigenvalue weighted by molar-refractivity contribution is -0.140. The zero-order valence-electron chi connectivity index (χ0n) is 13.2. The van der Waals surface area contributed by atoms with Crippen molar-refractivity contribution in [3.8, 4) is 0 Å². The van der Waals surface area contributed by atoms with Crippen LogP contribution in [-0.2, 0) is 4.79 Å². The minimum Gasteiger partial charge on any atom is -0.342 e. The number of likely N-dealkylation sites (tertiary alicyclic amines) is 1. The molecule has 2 N–H and O–H groups in total. The van der Waals surface area contributed by atoms with Gasteiger partial charge in [0, 0.05) is 25.0 Å². The minimum absolute atomic E-state index is 0.280. The molecule has 1 spiro atoms. The fourth-order valence-corrected chi connectivity index (χ4v) is 6.20. The maximum absolute atomic E-state index is 12.9. The Balaban J connectivity index is 1.49. The van der Waals surface area contributed by atoms with Gasteiger partial charge in [-0.05, 0) is 75.0 Å². The zero-order valence-corrected chi connectivity index (χ0v) is 13.2. The highest BCUT2D eigenvalue weighted by molar-refractivity contribution is 5.79. The smallest absolute Gasteiger partial charge is 0.225 e. The maximum Gasteiger partial charge on any atom is 0.225 e. The Labute approximate surface area is 128 Å². The summed E-state index contributed by atoms with van der Waals surface area (Å²) in [7, 11) is 0. The van der Waals surface area contributed by atoms with E-state index in [9.17, 15) is 4.79 Å². The van der Waals surface area contributed by atoms with Crippen LogP contribution in [0.2, 0.25) is 0 Å². The van der Waals surface area contributed by atoms with Gasteiger partial charge in [0.2, 0.25) is 5.91 Å². The molecule has 3 saturated carbocycles. The van der Waals surface area contributed by atoms with Crippen LogP contribution in [0.1, 0.15) is 64.2 Å². The monoisotopic (exact) mass is 290 g/mol. The fraction of sp³-hybridized carbons (Fsp3) is 0.944. The van der Waals surface area contributed by atoms with Crippen molar-refractivity contribution in [3.05, 3.63) is 0 Å². The highest BCUT2D eigenvalue weighted by Crippen LogP contribution is 2.61. The van der Waals surface area contributed by atoms with Gasteiger partial charge in [-0.3, -0.25) is 4.79 Å². The second kappa shape index (κ2) is 5.26. The van der Waals surface area contributed by atoms with Crippen molar-refractivity contribution in [2.75, 3.05) is 13.1 Å². The number of fused-ring (bicyclic) bond motifs is 3. The number of nitrogens with two attached hydrogens (primary N) is 1. The summed E-state index contributed by atoms with van der Waals surface area (Å²) in [5, 5.41) is 0. The summed E-state index contributed by atoms with van der Waals surface area (Å²) >= 11 is 0. The SMILES string of the molecule is N[C@@H]1C2CCC(C2)C12CCCC(C(=O)N1CCCCC1)C2. The van der Waals surface area contributed by atoms with Gasteiger partial charge >= 0.3 is 0 Å². The van der Waals surface area contributed by atoms with Crippen LogP contribution in [0.4, 0.5) is 0 Å². The lowest BCUT2D eigenvalue weighted by Crippen LogP contribution is -2.51. The molecule has 4 aliphatic rings. The predicted molar refractivity (Wildman–Crippen MR) is 83.6 cm³/mol. The molecule has 118 valence electrons. The third-order valence-corrected chi connectivity index (χ3v) is 7.30. The maximum atomic E-state index is 12.9. The van der Waals surface area contributed by atoms with E-state index in [4.69, 9.17) is 5.73 Å². The van der Waals surface area contributed by atoms with E-state index in [-0.39, 0.29) is 5.92 Å². The Morgan fingerprint density at radius 1 is 1.05 bits per heavy atom. The molecule has 4 fully saturated rings. The Bertz CT molecular complexity index is 413. The molecule has 3 heteroatoms. The number of nitrogens with zero attached hydrogens (tertiary/aromatic N) is 1. The molecule has 4 rings (SSSR count). The highest BCUT2D eigenvalue weighted by atomic mass is 16.2. The van der Waals surface area contributed by atoms with Crippen molar-refractivity contribution >= 4 is 5.91 Å². The molecule has 3 nitrogen and oxygen atoms in total. The van der Waals surface area contributed by atoms with Crippen molar-refractivity contribution in [2.45, 2.75) is 70.3 Å². The Hall–Kier alpha value is -0.570. The van der Waals surface area contributed by atoms with Crippen LogP contribution >= 0.6 is 0 Å². The molecule has 4 unspecified atom stereocenters. The van der Waals surface area contributed by atoms with E-state index in [2.05, 4.69) is 4.90 Å². The van der Waals surface area contributed by atoms with Gasteiger partial charge in [-0.15, -0.1) is 0 Å². The van der Waals surface area contributed by atoms with Gasteiger partial charge in [0.05, 0.1) is 0 Å². The van der Waals surface area contributed by atoms with E-state index in [1.54, 1.807) is 0 Å². The van der Waals surface area contributed by atoms with Crippen LogP contribution in [0.5, 0.6) is 0 Å². The third kappa shape index (κ3) is 2.15. The Kier molecular flexibility index (Phi) is 3.52. The summed E-state index contributed by atoms with van der Waals surface area (Å²) in [5.74, 6) is 2.33.